The zero-order valence-corrected chi connectivity index (χ0v) is 11.3. The number of aliphatic carboxylic acids is 1. The number of carboxylic acid groups (broad SMARTS) is 1. The summed E-state index contributed by atoms with van der Waals surface area (Å²) in [5.41, 5.74) is 0.202. The maximum atomic E-state index is 13.9. The molecule has 1 N–H and O–H groups in total. The van der Waals surface area contributed by atoms with Gasteiger partial charge in [0.25, 0.3) is 0 Å². The highest BCUT2D eigenvalue weighted by Gasteiger charge is 2.46. The predicted molar refractivity (Wildman–Crippen MR) is 74.1 cm³/mol. The molecular weight excluding hydrogens is 274 g/mol. The second-order valence-electron chi connectivity index (χ2n) is 5.42. The highest BCUT2D eigenvalue weighted by molar-refractivity contribution is 5.83. The van der Waals surface area contributed by atoms with E-state index in [0.717, 1.165) is 17.7 Å². The molecule has 0 aromatic heterocycles. The Kier molecular flexibility index (Phi) is 3.24. The fourth-order valence-corrected chi connectivity index (χ4v) is 3.17. The van der Waals surface area contributed by atoms with Gasteiger partial charge in [-0.2, -0.15) is 0 Å². The second-order valence-corrected chi connectivity index (χ2v) is 5.42. The largest absolute Gasteiger partial charge is 0.481 e. The van der Waals surface area contributed by atoms with Gasteiger partial charge >= 0.3 is 5.97 Å². The second kappa shape index (κ2) is 4.95. The van der Waals surface area contributed by atoms with E-state index in [1.807, 2.05) is 12.1 Å². The number of hydrogen-bond acceptors (Lipinski definition) is 1. The van der Waals surface area contributed by atoms with Crippen LogP contribution in [0.3, 0.4) is 0 Å². The van der Waals surface area contributed by atoms with Crippen LogP contribution in [0.15, 0.2) is 42.5 Å². The average molecular weight is 288 g/mol. The third-order valence-corrected chi connectivity index (χ3v) is 4.30. The van der Waals surface area contributed by atoms with E-state index in [0.29, 0.717) is 18.4 Å². The summed E-state index contributed by atoms with van der Waals surface area (Å²) in [7, 11) is 0. The molecule has 1 aliphatic carbocycles. The summed E-state index contributed by atoms with van der Waals surface area (Å²) in [5.74, 6) is -2.42. The minimum Gasteiger partial charge on any atom is -0.481 e. The molecule has 2 aromatic carbocycles. The smallest absolute Gasteiger partial charge is 0.314 e. The highest BCUT2D eigenvalue weighted by atomic mass is 19.1. The van der Waals surface area contributed by atoms with Crippen LogP contribution in [0.1, 0.15) is 23.1 Å². The van der Waals surface area contributed by atoms with Crippen LogP contribution >= 0.6 is 0 Å². The number of halogens is 2. The van der Waals surface area contributed by atoms with Crippen LogP contribution < -0.4 is 0 Å². The van der Waals surface area contributed by atoms with Crippen LogP contribution in [0.25, 0.3) is 0 Å². The highest BCUT2D eigenvalue weighted by Crippen LogP contribution is 2.42. The van der Waals surface area contributed by atoms with Crippen molar-refractivity contribution >= 4 is 5.97 Å². The molecule has 4 heteroatoms. The molecule has 3 rings (SSSR count). The van der Waals surface area contributed by atoms with Gasteiger partial charge in [0.15, 0.2) is 0 Å². The van der Waals surface area contributed by atoms with E-state index < -0.39 is 23.0 Å². The lowest BCUT2D eigenvalue weighted by atomic mass is 9.76. The molecule has 0 heterocycles. The Morgan fingerprint density at radius 2 is 1.76 bits per heavy atom. The summed E-state index contributed by atoms with van der Waals surface area (Å²) < 4.78 is 27.8. The van der Waals surface area contributed by atoms with Gasteiger partial charge in [0, 0.05) is 5.56 Å². The van der Waals surface area contributed by atoms with Crippen molar-refractivity contribution in [2.45, 2.75) is 24.7 Å². The molecule has 0 saturated carbocycles. The van der Waals surface area contributed by atoms with Crippen molar-refractivity contribution in [1.82, 2.24) is 0 Å². The standard InChI is InChI=1S/C17H14F2O2/c18-14-6-3-7-15(19)12(14)10-17(16(20)21)9-8-11-4-1-2-5-13(11)17/h1-7H,8-10H2,(H,20,21). The SMILES string of the molecule is O=C(O)C1(Cc2c(F)cccc2F)CCc2ccccc21. The molecule has 1 atom stereocenters. The van der Waals surface area contributed by atoms with Crippen LogP contribution in [0, 0.1) is 11.6 Å². The van der Waals surface area contributed by atoms with Crippen molar-refractivity contribution in [3.8, 4) is 0 Å². The fraction of sp³-hybridized carbons (Fsp3) is 0.235. The lowest BCUT2D eigenvalue weighted by molar-refractivity contribution is -0.143. The topological polar surface area (TPSA) is 37.3 Å². The third kappa shape index (κ3) is 2.11. The molecule has 2 aromatic rings. The molecule has 2 nitrogen and oxygen atoms in total. The van der Waals surface area contributed by atoms with Gasteiger partial charge in [-0.3, -0.25) is 4.79 Å². The quantitative estimate of drug-likeness (QED) is 0.939. The number of hydrogen-bond donors (Lipinski definition) is 1. The molecule has 0 fully saturated rings. The van der Waals surface area contributed by atoms with E-state index in [1.165, 1.54) is 6.07 Å². The monoisotopic (exact) mass is 288 g/mol. The van der Waals surface area contributed by atoms with E-state index in [4.69, 9.17) is 0 Å². The number of aryl methyl sites for hydroxylation is 1. The summed E-state index contributed by atoms with van der Waals surface area (Å²) in [6.45, 7) is 0. The Morgan fingerprint density at radius 3 is 2.43 bits per heavy atom. The van der Waals surface area contributed by atoms with Gasteiger partial charge in [-0.05, 0) is 42.5 Å². The number of fused-ring (bicyclic) bond motifs is 1. The summed E-state index contributed by atoms with van der Waals surface area (Å²) in [4.78, 5) is 11.9. The van der Waals surface area contributed by atoms with Gasteiger partial charge in [-0.1, -0.05) is 30.3 Å². The van der Waals surface area contributed by atoms with Crippen LogP contribution in [-0.2, 0) is 23.1 Å². The Bertz CT molecular complexity index is 691. The predicted octanol–water partition coefficient (Wildman–Crippen LogP) is 3.48. The lowest BCUT2D eigenvalue weighted by Crippen LogP contribution is -2.36. The molecule has 0 radical (unpaired) electrons. The number of carboxylic acids is 1. The molecule has 108 valence electrons. The van der Waals surface area contributed by atoms with Crippen LogP contribution in [-0.4, -0.2) is 11.1 Å². The van der Waals surface area contributed by atoms with Crippen molar-refractivity contribution in [3.05, 3.63) is 70.8 Å². The maximum absolute atomic E-state index is 13.9. The van der Waals surface area contributed by atoms with Crippen molar-refractivity contribution in [1.29, 1.82) is 0 Å². The Hall–Kier alpha value is -2.23. The van der Waals surface area contributed by atoms with Crippen molar-refractivity contribution < 1.29 is 18.7 Å². The number of carbonyl (C=O) groups is 1. The minimum absolute atomic E-state index is 0.156. The Morgan fingerprint density at radius 1 is 1.10 bits per heavy atom. The zero-order valence-electron chi connectivity index (χ0n) is 11.3. The van der Waals surface area contributed by atoms with Crippen LogP contribution in [0.5, 0.6) is 0 Å². The maximum Gasteiger partial charge on any atom is 0.314 e. The zero-order chi connectivity index (χ0) is 15.0. The van der Waals surface area contributed by atoms with Gasteiger partial charge < -0.3 is 5.11 Å². The Labute approximate surface area is 121 Å². The summed E-state index contributed by atoms with van der Waals surface area (Å²) in [5, 5.41) is 9.71. The minimum atomic E-state index is -1.25. The lowest BCUT2D eigenvalue weighted by Gasteiger charge is -2.26. The molecule has 0 spiro atoms. The molecule has 0 saturated heterocycles. The number of rotatable bonds is 3. The summed E-state index contributed by atoms with van der Waals surface area (Å²) >= 11 is 0. The van der Waals surface area contributed by atoms with E-state index in [1.54, 1.807) is 12.1 Å². The first kappa shape index (κ1) is 13.7. The summed E-state index contributed by atoms with van der Waals surface area (Å²) in [6, 6.07) is 10.8. The third-order valence-electron chi connectivity index (χ3n) is 4.30. The van der Waals surface area contributed by atoms with Gasteiger partial charge in [0.2, 0.25) is 0 Å². The summed E-state index contributed by atoms with van der Waals surface area (Å²) in [6.07, 6.45) is 0.797. The first-order valence-corrected chi connectivity index (χ1v) is 6.79. The first-order chi connectivity index (χ1) is 10.0. The van der Waals surface area contributed by atoms with E-state index in [-0.39, 0.29) is 12.0 Å². The molecular formula is C17H14F2O2. The van der Waals surface area contributed by atoms with Crippen molar-refractivity contribution in [3.63, 3.8) is 0 Å². The van der Waals surface area contributed by atoms with Crippen LogP contribution in [0.4, 0.5) is 8.78 Å². The van der Waals surface area contributed by atoms with E-state index >= 15 is 0 Å². The fourth-order valence-electron chi connectivity index (χ4n) is 3.17. The van der Waals surface area contributed by atoms with Crippen molar-refractivity contribution in [2.75, 3.05) is 0 Å². The molecule has 0 aliphatic heterocycles. The van der Waals surface area contributed by atoms with Gasteiger partial charge in [-0.15, -0.1) is 0 Å². The molecule has 0 bridgehead atoms. The van der Waals surface area contributed by atoms with Crippen LogP contribution in [0.2, 0.25) is 0 Å². The molecule has 0 amide bonds. The van der Waals surface area contributed by atoms with Gasteiger partial charge in [-0.25, -0.2) is 8.78 Å². The first-order valence-electron chi connectivity index (χ1n) is 6.79. The average Bonchev–Trinajstić information content (AvgIpc) is 2.83. The number of benzene rings is 2. The van der Waals surface area contributed by atoms with Gasteiger partial charge in [0.05, 0.1) is 5.41 Å². The van der Waals surface area contributed by atoms with Gasteiger partial charge in [0.1, 0.15) is 11.6 Å². The molecule has 1 unspecified atom stereocenters. The molecule has 1 aliphatic rings. The van der Waals surface area contributed by atoms with E-state index in [9.17, 15) is 18.7 Å². The normalized spacial score (nSPS) is 20.3. The Balaban J connectivity index is 2.11. The molecule has 21 heavy (non-hydrogen) atoms. The van der Waals surface area contributed by atoms with E-state index in [2.05, 4.69) is 0 Å². The van der Waals surface area contributed by atoms with Crippen molar-refractivity contribution in [2.24, 2.45) is 0 Å².